The molecule has 0 saturated heterocycles. The normalized spacial score (nSPS) is 10.5. The van der Waals surface area contributed by atoms with Crippen molar-refractivity contribution in [3.8, 4) is 0 Å². The van der Waals surface area contributed by atoms with Crippen LogP contribution in [0.15, 0.2) is 27.3 Å². The van der Waals surface area contributed by atoms with E-state index in [-0.39, 0.29) is 12.8 Å². The SMILES string of the molecule is O=C(O)CCc1nc(Cc2ccco2)no1. The van der Waals surface area contributed by atoms with Crippen molar-refractivity contribution in [3.05, 3.63) is 35.9 Å². The van der Waals surface area contributed by atoms with Crippen LogP contribution in [0.25, 0.3) is 0 Å². The van der Waals surface area contributed by atoms with Crippen molar-refractivity contribution in [3.63, 3.8) is 0 Å². The van der Waals surface area contributed by atoms with Crippen molar-refractivity contribution in [1.29, 1.82) is 0 Å². The van der Waals surface area contributed by atoms with Crippen LogP contribution in [0.3, 0.4) is 0 Å². The van der Waals surface area contributed by atoms with E-state index in [4.69, 9.17) is 14.0 Å². The van der Waals surface area contributed by atoms with Crippen LogP contribution in [0.4, 0.5) is 0 Å². The summed E-state index contributed by atoms with van der Waals surface area (Å²) in [5, 5.41) is 12.2. The number of carboxylic acids is 1. The summed E-state index contributed by atoms with van der Waals surface area (Å²) in [7, 11) is 0. The minimum atomic E-state index is -0.884. The molecule has 0 aliphatic carbocycles. The molecular weight excluding hydrogens is 212 g/mol. The second kappa shape index (κ2) is 4.61. The summed E-state index contributed by atoms with van der Waals surface area (Å²) in [4.78, 5) is 14.4. The van der Waals surface area contributed by atoms with Crippen LogP contribution in [0, 0.1) is 0 Å². The van der Waals surface area contributed by atoms with Gasteiger partial charge in [0.15, 0.2) is 5.82 Å². The van der Waals surface area contributed by atoms with E-state index < -0.39 is 5.97 Å². The Balaban J connectivity index is 1.94. The van der Waals surface area contributed by atoms with E-state index in [0.717, 1.165) is 5.76 Å². The first kappa shape index (κ1) is 10.4. The van der Waals surface area contributed by atoms with Crippen LogP contribution >= 0.6 is 0 Å². The van der Waals surface area contributed by atoms with E-state index in [1.807, 2.05) is 6.07 Å². The average Bonchev–Trinajstić information content (AvgIpc) is 2.87. The van der Waals surface area contributed by atoms with Crippen LogP contribution in [0.1, 0.15) is 23.9 Å². The lowest BCUT2D eigenvalue weighted by Crippen LogP contribution is -1.97. The number of hydrogen-bond acceptors (Lipinski definition) is 5. The number of aromatic nitrogens is 2. The fourth-order valence-corrected chi connectivity index (χ4v) is 1.25. The van der Waals surface area contributed by atoms with Gasteiger partial charge in [0.1, 0.15) is 5.76 Å². The molecule has 0 atom stereocenters. The molecule has 2 rings (SSSR count). The highest BCUT2D eigenvalue weighted by Crippen LogP contribution is 2.08. The summed E-state index contributed by atoms with van der Waals surface area (Å²) in [5.74, 6) is 0.690. The summed E-state index contributed by atoms with van der Waals surface area (Å²) in [5.41, 5.74) is 0. The van der Waals surface area contributed by atoms with Gasteiger partial charge in [-0.1, -0.05) is 5.16 Å². The lowest BCUT2D eigenvalue weighted by Gasteiger charge is -1.88. The van der Waals surface area contributed by atoms with Gasteiger partial charge in [-0.05, 0) is 12.1 Å². The highest BCUT2D eigenvalue weighted by molar-refractivity contribution is 5.66. The second-order valence-corrected chi connectivity index (χ2v) is 3.25. The molecule has 6 heteroatoms. The zero-order chi connectivity index (χ0) is 11.4. The van der Waals surface area contributed by atoms with E-state index in [1.54, 1.807) is 12.3 Å². The largest absolute Gasteiger partial charge is 0.481 e. The van der Waals surface area contributed by atoms with Crippen molar-refractivity contribution in [2.24, 2.45) is 0 Å². The Hall–Kier alpha value is -2.11. The van der Waals surface area contributed by atoms with Crippen LogP contribution in [0.5, 0.6) is 0 Å². The fraction of sp³-hybridized carbons (Fsp3) is 0.300. The maximum absolute atomic E-state index is 10.3. The standard InChI is InChI=1S/C10H10N2O4/c13-10(14)4-3-9-11-8(12-16-9)6-7-2-1-5-15-7/h1-2,5H,3-4,6H2,(H,13,14). The Morgan fingerprint density at radius 1 is 1.50 bits per heavy atom. The monoisotopic (exact) mass is 222 g/mol. The number of furan rings is 1. The number of aliphatic carboxylic acids is 1. The summed E-state index contributed by atoms with van der Waals surface area (Å²) in [6.45, 7) is 0. The average molecular weight is 222 g/mol. The predicted octanol–water partition coefficient (Wildman–Crippen LogP) is 1.27. The highest BCUT2D eigenvalue weighted by atomic mass is 16.5. The molecule has 0 aliphatic rings. The summed E-state index contributed by atoms with van der Waals surface area (Å²) < 4.78 is 10.0. The lowest BCUT2D eigenvalue weighted by molar-refractivity contribution is -0.137. The Bertz CT molecular complexity index is 461. The molecule has 0 unspecified atom stereocenters. The van der Waals surface area contributed by atoms with Crippen molar-refractivity contribution in [2.75, 3.05) is 0 Å². The zero-order valence-corrected chi connectivity index (χ0v) is 8.42. The topological polar surface area (TPSA) is 89.4 Å². The van der Waals surface area contributed by atoms with Gasteiger partial charge in [-0.3, -0.25) is 4.79 Å². The van der Waals surface area contributed by atoms with Crippen LogP contribution in [-0.2, 0) is 17.6 Å². The number of carboxylic acid groups (broad SMARTS) is 1. The van der Waals surface area contributed by atoms with Gasteiger partial charge in [0, 0.05) is 6.42 Å². The maximum Gasteiger partial charge on any atom is 0.303 e. The van der Waals surface area contributed by atoms with Crippen molar-refractivity contribution in [1.82, 2.24) is 10.1 Å². The third kappa shape index (κ3) is 2.69. The summed E-state index contributed by atoms with van der Waals surface area (Å²) >= 11 is 0. The van der Waals surface area contributed by atoms with Crippen LogP contribution in [0.2, 0.25) is 0 Å². The van der Waals surface area contributed by atoms with E-state index >= 15 is 0 Å². The number of carbonyl (C=O) groups is 1. The van der Waals surface area contributed by atoms with E-state index in [9.17, 15) is 4.79 Å². The Morgan fingerprint density at radius 2 is 2.38 bits per heavy atom. The van der Waals surface area contributed by atoms with Gasteiger partial charge < -0.3 is 14.0 Å². The number of nitrogens with zero attached hydrogens (tertiary/aromatic N) is 2. The molecule has 2 aromatic heterocycles. The molecule has 16 heavy (non-hydrogen) atoms. The molecule has 0 radical (unpaired) electrons. The molecular formula is C10H10N2O4. The molecule has 0 spiro atoms. The first-order valence-corrected chi connectivity index (χ1v) is 4.79. The minimum absolute atomic E-state index is 0.0115. The minimum Gasteiger partial charge on any atom is -0.481 e. The van der Waals surface area contributed by atoms with Crippen LogP contribution < -0.4 is 0 Å². The maximum atomic E-state index is 10.3. The molecule has 1 N–H and O–H groups in total. The van der Waals surface area contributed by atoms with Gasteiger partial charge in [-0.2, -0.15) is 4.98 Å². The van der Waals surface area contributed by atoms with Gasteiger partial charge in [-0.15, -0.1) is 0 Å². The van der Waals surface area contributed by atoms with Gasteiger partial charge in [0.2, 0.25) is 5.89 Å². The Kier molecular flexibility index (Phi) is 3.00. The first-order valence-electron chi connectivity index (χ1n) is 4.79. The molecule has 2 aromatic rings. The van der Waals surface area contributed by atoms with Crippen LogP contribution in [-0.4, -0.2) is 21.2 Å². The van der Waals surface area contributed by atoms with Crippen molar-refractivity contribution < 1.29 is 18.8 Å². The van der Waals surface area contributed by atoms with Gasteiger partial charge in [-0.25, -0.2) is 0 Å². The second-order valence-electron chi connectivity index (χ2n) is 3.25. The molecule has 0 aromatic carbocycles. The third-order valence-corrected chi connectivity index (χ3v) is 1.98. The lowest BCUT2D eigenvalue weighted by atomic mass is 10.3. The first-order chi connectivity index (χ1) is 7.74. The molecule has 6 nitrogen and oxygen atoms in total. The summed E-state index contributed by atoms with van der Waals surface area (Å²) in [6.07, 6.45) is 2.26. The number of rotatable bonds is 5. The fourth-order valence-electron chi connectivity index (χ4n) is 1.25. The third-order valence-electron chi connectivity index (χ3n) is 1.98. The van der Waals surface area contributed by atoms with Crippen molar-refractivity contribution in [2.45, 2.75) is 19.3 Å². The van der Waals surface area contributed by atoms with E-state index in [0.29, 0.717) is 18.1 Å². The molecule has 0 saturated carbocycles. The quantitative estimate of drug-likeness (QED) is 0.819. The van der Waals surface area contributed by atoms with E-state index in [1.165, 1.54) is 0 Å². The zero-order valence-electron chi connectivity index (χ0n) is 8.42. The molecule has 0 amide bonds. The Labute approximate surface area is 90.9 Å². The van der Waals surface area contributed by atoms with E-state index in [2.05, 4.69) is 10.1 Å². The highest BCUT2D eigenvalue weighted by Gasteiger charge is 2.09. The van der Waals surface area contributed by atoms with Gasteiger partial charge in [0.25, 0.3) is 0 Å². The van der Waals surface area contributed by atoms with Crippen molar-refractivity contribution >= 4 is 5.97 Å². The summed E-state index contributed by atoms with van der Waals surface area (Å²) in [6, 6.07) is 3.59. The molecule has 2 heterocycles. The smallest absolute Gasteiger partial charge is 0.303 e. The predicted molar refractivity (Wildman–Crippen MR) is 51.8 cm³/mol. The number of hydrogen-bond donors (Lipinski definition) is 1. The molecule has 0 bridgehead atoms. The molecule has 0 aliphatic heterocycles. The Morgan fingerprint density at radius 3 is 3.06 bits per heavy atom. The van der Waals surface area contributed by atoms with Gasteiger partial charge in [0.05, 0.1) is 19.1 Å². The molecule has 0 fully saturated rings. The number of aryl methyl sites for hydroxylation is 1. The van der Waals surface area contributed by atoms with Gasteiger partial charge >= 0.3 is 5.97 Å². The molecule has 84 valence electrons.